The number of aryl methyl sites for hydroxylation is 2. The highest BCUT2D eigenvalue weighted by atomic mass is 79.9. The molecule has 218 valence electrons. The van der Waals surface area contributed by atoms with Crippen molar-refractivity contribution < 1.29 is 14.3 Å². The molecule has 0 unspecified atom stereocenters. The van der Waals surface area contributed by atoms with E-state index in [2.05, 4.69) is 74.9 Å². The summed E-state index contributed by atoms with van der Waals surface area (Å²) in [6, 6.07) is 27.3. The molecule has 0 bridgehead atoms. The summed E-state index contributed by atoms with van der Waals surface area (Å²) in [4.78, 5) is 17.4. The van der Waals surface area contributed by atoms with Crippen molar-refractivity contribution in [2.45, 2.75) is 27.4 Å². The normalized spacial score (nSPS) is 11.0. The van der Waals surface area contributed by atoms with Crippen LogP contribution in [0.1, 0.15) is 39.5 Å². The molecule has 0 radical (unpaired) electrons. The van der Waals surface area contributed by atoms with Gasteiger partial charge < -0.3 is 14.8 Å². The van der Waals surface area contributed by atoms with E-state index in [1.807, 2.05) is 60.8 Å². The molecule has 0 spiro atoms. The molecule has 0 aliphatic heterocycles. The summed E-state index contributed by atoms with van der Waals surface area (Å²) in [6.07, 6.45) is 1.57. The maximum Gasteiger partial charge on any atom is 0.271 e. The number of carbonyl (C=O) groups excluding carboxylic acids is 1. The fourth-order valence-electron chi connectivity index (χ4n) is 4.15. The Morgan fingerprint density at radius 2 is 1.65 bits per heavy atom. The molecule has 1 aromatic heterocycles. The van der Waals surface area contributed by atoms with Crippen LogP contribution in [0, 0.1) is 13.8 Å². The van der Waals surface area contributed by atoms with Gasteiger partial charge in [0.1, 0.15) is 6.61 Å². The van der Waals surface area contributed by atoms with E-state index in [1.54, 1.807) is 18.3 Å². The van der Waals surface area contributed by atoms with E-state index in [-0.39, 0.29) is 5.91 Å². The van der Waals surface area contributed by atoms with E-state index in [0.717, 1.165) is 37.7 Å². The highest BCUT2D eigenvalue weighted by molar-refractivity contribution is 9.10. The number of amides is 1. The molecule has 0 aliphatic rings. The molecule has 0 saturated carbocycles. The Hall–Kier alpha value is -4.47. The van der Waals surface area contributed by atoms with Gasteiger partial charge in [0, 0.05) is 22.2 Å². The van der Waals surface area contributed by atoms with Gasteiger partial charge in [-0.3, -0.25) is 4.79 Å². The summed E-state index contributed by atoms with van der Waals surface area (Å²) in [6.45, 7) is 6.92. The van der Waals surface area contributed by atoms with Crippen LogP contribution in [0.3, 0.4) is 0 Å². The van der Waals surface area contributed by atoms with Crippen LogP contribution in [0.15, 0.2) is 99.9 Å². The summed E-state index contributed by atoms with van der Waals surface area (Å²) in [5, 5.41) is 10.3. The van der Waals surface area contributed by atoms with Crippen LogP contribution in [0.5, 0.6) is 11.5 Å². The van der Waals surface area contributed by atoms with Crippen LogP contribution in [0.2, 0.25) is 0 Å². The molecule has 2 N–H and O–H groups in total. The standard InChI is InChI=1S/C34H31BrN4O3S/c1-4-41-31-18-25(17-29(35)32(31)42-20-24-9-5-22(2)6-10-24)19-36-39-33(40)27-13-11-26(12-14-27)30-21-43-34(38-30)37-28-15-7-23(3)8-16-28/h5-19,21H,4,20H2,1-3H3,(H,37,38)(H,39,40)/b36-19-. The highest BCUT2D eigenvalue weighted by Gasteiger charge is 2.13. The van der Waals surface area contributed by atoms with Gasteiger partial charge in [-0.15, -0.1) is 11.3 Å². The number of nitrogens with zero attached hydrogens (tertiary/aromatic N) is 2. The topological polar surface area (TPSA) is 84.8 Å². The van der Waals surface area contributed by atoms with Gasteiger partial charge in [-0.25, -0.2) is 10.4 Å². The monoisotopic (exact) mass is 654 g/mol. The van der Waals surface area contributed by atoms with E-state index in [1.165, 1.54) is 22.5 Å². The van der Waals surface area contributed by atoms with Gasteiger partial charge in [-0.1, -0.05) is 59.7 Å². The number of benzene rings is 4. The Kier molecular flexibility index (Phi) is 9.86. The number of carbonyl (C=O) groups is 1. The number of thiazole rings is 1. The average molecular weight is 656 g/mol. The molecule has 0 atom stereocenters. The number of ether oxygens (including phenoxy) is 2. The molecule has 0 aliphatic carbocycles. The second-order valence-electron chi connectivity index (χ2n) is 9.84. The zero-order valence-corrected chi connectivity index (χ0v) is 26.5. The van der Waals surface area contributed by atoms with Gasteiger partial charge in [0.15, 0.2) is 16.6 Å². The summed E-state index contributed by atoms with van der Waals surface area (Å²) in [7, 11) is 0. The van der Waals surface area contributed by atoms with Gasteiger partial charge in [0.05, 0.1) is 23.0 Å². The predicted molar refractivity (Wildman–Crippen MR) is 178 cm³/mol. The van der Waals surface area contributed by atoms with Crippen molar-refractivity contribution in [2.24, 2.45) is 5.10 Å². The third kappa shape index (κ3) is 8.09. The first-order valence-electron chi connectivity index (χ1n) is 13.8. The molecule has 4 aromatic carbocycles. The molecule has 1 amide bonds. The predicted octanol–water partition coefficient (Wildman–Crippen LogP) is 8.67. The number of hydrazone groups is 1. The average Bonchev–Trinajstić information content (AvgIpc) is 3.47. The molecule has 9 heteroatoms. The number of halogens is 1. The van der Waals surface area contributed by atoms with Crippen molar-refractivity contribution in [2.75, 3.05) is 11.9 Å². The quantitative estimate of drug-likeness (QED) is 0.110. The fourth-order valence-corrected chi connectivity index (χ4v) is 5.47. The van der Waals surface area contributed by atoms with Crippen molar-refractivity contribution in [1.29, 1.82) is 0 Å². The molecule has 43 heavy (non-hydrogen) atoms. The van der Waals surface area contributed by atoms with E-state index in [9.17, 15) is 4.79 Å². The lowest BCUT2D eigenvalue weighted by atomic mass is 10.1. The third-order valence-electron chi connectivity index (χ3n) is 6.47. The molecule has 5 aromatic rings. The van der Waals surface area contributed by atoms with Crippen LogP contribution in [0.4, 0.5) is 10.8 Å². The van der Waals surface area contributed by atoms with Crippen LogP contribution in [0.25, 0.3) is 11.3 Å². The third-order valence-corrected chi connectivity index (χ3v) is 7.81. The van der Waals surface area contributed by atoms with Crippen molar-refractivity contribution in [1.82, 2.24) is 10.4 Å². The van der Waals surface area contributed by atoms with E-state index >= 15 is 0 Å². The van der Waals surface area contributed by atoms with Crippen molar-refractivity contribution in [3.8, 4) is 22.8 Å². The smallest absolute Gasteiger partial charge is 0.271 e. The van der Waals surface area contributed by atoms with Crippen molar-refractivity contribution >= 4 is 50.2 Å². The second-order valence-corrected chi connectivity index (χ2v) is 11.6. The lowest BCUT2D eigenvalue weighted by Crippen LogP contribution is -2.17. The molecular weight excluding hydrogens is 624 g/mol. The Labute approximate surface area is 263 Å². The van der Waals surface area contributed by atoms with Gasteiger partial charge >= 0.3 is 0 Å². The molecule has 0 fully saturated rings. The summed E-state index contributed by atoms with van der Waals surface area (Å²) in [5.41, 5.74) is 10.1. The number of aromatic nitrogens is 1. The van der Waals surface area contributed by atoms with Gasteiger partial charge in [-0.05, 0) is 84.2 Å². The zero-order valence-electron chi connectivity index (χ0n) is 24.1. The maximum absolute atomic E-state index is 12.7. The number of rotatable bonds is 11. The zero-order chi connectivity index (χ0) is 30.2. The van der Waals surface area contributed by atoms with Crippen LogP contribution >= 0.6 is 27.3 Å². The minimum Gasteiger partial charge on any atom is -0.490 e. The molecule has 1 heterocycles. The first-order chi connectivity index (χ1) is 20.9. The Bertz CT molecular complexity index is 1720. The maximum atomic E-state index is 12.7. The van der Waals surface area contributed by atoms with Crippen molar-refractivity contribution in [3.63, 3.8) is 0 Å². The number of nitrogens with one attached hydrogen (secondary N) is 2. The Balaban J connectivity index is 1.19. The Morgan fingerprint density at radius 3 is 2.35 bits per heavy atom. The Morgan fingerprint density at radius 1 is 0.953 bits per heavy atom. The van der Waals surface area contributed by atoms with Gasteiger partial charge in [0.25, 0.3) is 5.91 Å². The fraction of sp³-hybridized carbons (Fsp3) is 0.147. The first-order valence-corrected chi connectivity index (χ1v) is 15.4. The lowest BCUT2D eigenvalue weighted by molar-refractivity contribution is 0.0955. The second kappa shape index (κ2) is 14.1. The molecule has 7 nitrogen and oxygen atoms in total. The summed E-state index contributed by atoms with van der Waals surface area (Å²) < 4.78 is 12.6. The number of anilines is 2. The van der Waals surface area contributed by atoms with Crippen LogP contribution < -0.4 is 20.2 Å². The van der Waals surface area contributed by atoms with Gasteiger partial charge in [0.2, 0.25) is 0 Å². The lowest BCUT2D eigenvalue weighted by Gasteiger charge is -2.15. The summed E-state index contributed by atoms with van der Waals surface area (Å²) >= 11 is 5.12. The summed E-state index contributed by atoms with van der Waals surface area (Å²) in [5.74, 6) is 0.887. The molecule has 5 rings (SSSR count). The largest absolute Gasteiger partial charge is 0.490 e. The highest BCUT2D eigenvalue weighted by Crippen LogP contribution is 2.37. The van der Waals surface area contributed by atoms with Crippen LogP contribution in [-0.4, -0.2) is 23.7 Å². The minimum atomic E-state index is -0.315. The van der Waals surface area contributed by atoms with Crippen LogP contribution in [-0.2, 0) is 6.61 Å². The van der Waals surface area contributed by atoms with E-state index in [4.69, 9.17) is 9.47 Å². The number of hydrogen-bond acceptors (Lipinski definition) is 7. The van der Waals surface area contributed by atoms with E-state index in [0.29, 0.717) is 30.3 Å². The van der Waals surface area contributed by atoms with Gasteiger partial charge in [-0.2, -0.15) is 5.10 Å². The van der Waals surface area contributed by atoms with E-state index < -0.39 is 0 Å². The number of hydrogen-bond donors (Lipinski definition) is 2. The minimum absolute atomic E-state index is 0.315. The van der Waals surface area contributed by atoms with Crippen molar-refractivity contribution in [3.05, 3.63) is 123 Å². The molecule has 0 saturated heterocycles. The molecular formula is C34H31BrN4O3S. The SMILES string of the molecule is CCOc1cc(/C=N\NC(=O)c2ccc(-c3csc(Nc4ccc(C)cc4)n3)cc2)cc(Br)c1OCc1ccc(C)cc1. The first kappa shape index (κ1) is 30.0.